The average Bonchev–Trinajstić information content (AvgIpc) is 3.19. The maximum Gasteiger partial charge on any atom is 0.341 e. The lowest BCUT2D eigenvalue weighted by Gasteiger charge is -2.11. The lowest BCUT2D eigenvalue weighted by molar-refractivity contribution is -0.142. The summed E-state index contributed by atoms with van der Waals surface area (Å²) < 4.78 is 10.6. The molecular weight excluding hydrogens is 422 g/mol. The third-order valence-electron chi connectivity index (χ3n) is 4.24. The van der Waals surface area contributed by atoms with Crippen LogP contribution in [0.4, 0.5) is 5.00 Å². The summed E-state index contributed by atoms with van der Waals surface area (Å²) in [5, 5.41) is 3.17. The molecule has 6 nitrogen and oxygen atoms in total. The number of thiophene rings is 1. The molecule has 1 N–H and O–H groups in total. The molecule has 0 aliphatic heterocycles. The van der Waals surface area contributed by atoms with Crippen LogP contribution in [0.5, 0.6) is 0 Å². The van der Waals surface area contributed by atoms with E-state index in [0.29, 0.717) is 29.0 Å². The van der Waals surface area contributed by atoms with Crippen molar-refractivity contribution in [3.8, 4) is 0 Å². The van der Waals surface area contributed by atoms with E-state index in [4.69, 9.17) is 9.47 Å². The largest absolute Gasteiger partial charge is 0.469 e. The number of anilines is 1. The van der Waals surface area contributed by atoms with Gasteiger partial charge in [-0.1, -0.05) is 15.9 Å². The van der Waals surface area contributed by atoms with Gasteiger partial charge in [-0.3, -0.25) is 9.59 Å². The zero-order valence-electron chi connectivity index (χ0n) is 14.1. The molecule has 1 heterocycles. The van der Waals surface area contributed by atoms with Crippen LogP contribution in [-0.4, -0.2) is 32.1 Å². The van der Waals surface area contributed by atoms with Gasteiger partial charge in [-0.15, -0.1) is 11.3 Å². The summed E-state index contributed by atoms with van der Waals surface area (Å²) >= 11 is 4.62. The quantitative estimate of drug-likeness (QED) is 0.736. The van der Waals surface area contributed by atoms with Crippen molar-refractivity contribution in [3.63, 3.8) is 0 Å². The average molecular weight is 438 g/mol. The second kappa shape index (κ2) is 7.59. The molecule has 0 fully saturated rings. The van der Waals surface area contributed by atoms with E-state index in [0.717, 1.165) is 9.35 Å². The number of methoxy groups -OCH3 is 2. The third kappa shape index (κ3) is 3.39. The predicted octanol–water partition coefficient (Wildman–Crippen LogP) is 3.75. The monoisotopic (exact) mass is 437 g/mol. The standard InChI is InChI=1S/C18H16BrNO5S/c1-24-17(22)11-7-8-12-13(11)14(18(23)25-2)16(26-12)20-15(21)9-3-5-10(19)6-4-9/h3-6,11H,7-8H2,1-2H3,(H,20,21)/t11-/m1/s1. The van der Waals surface area contributed by atoms with E-state index in [1.165, 1.54) is 25.6 Å². The number of esters is 2. The van der Waals surface area contributed by atoms with E-state index < -0.39 is 17.9 Å². The number of hydrogen-bond acceptors (Lipinski definition) is 6. The van der Waals surface area contributed by atoms with Gasteiger partial charge in [0, 0.05) is 14.9 Å². The van der Waals surface area contributed by atoms with Gasteiger partial charge in [0.05, 0.1) is 25.7 Å². The minimum Gasteiger partial charge on any atom is -0.469 e. The number of aryl methyl sites for hydroxylation is 1. The summed E-state index contributed by atoms with van der Waals surface area (Å²) in [6, 6.07) is 6.88. The van der Waals surface area contributed by atoms with E-state index in [1.54, 1.807) is 24.3 Å². The van der Waals surface area contributed by atoms with Gasteiger partial charge in [0.1, 0.15) is 5.00 Å². The lowest BCUT2D eigenvalue weighted by atomic mass is 9.99. The zero-order valence-corrected chi connectivity index (χ0v) is 16.5. The number of carbonyl (C=O) groups excluding carboxylic acids is 3. The number of carbonyl (C=O) groups is 3. The lowest BCUT2D eigenvalue weighted by Crippen LogP contribution is -2.17. The van der Waals surface area contributed by atoms with Crippen molar-refractivity contribution < 1.29 is 23.9 Å². The number of rotatable bonds is 4. The Balaban J connectivity index is 1.98. The van der Waals surface area contributed by atoms with Crippen LogP contribution in [0, 0.1) is 0 Å². The van der Waals surface area contributed by atoms with Crippen molar-refractivity contribution in [1.29, 1.82) is 0 Å². The summed E-state index contributed by atoms with van der Waals surface area (Å²) in [6.07, 6.45) is 1.23. The Hall–Kier alpha value is -2.19. The van der Waals surface area contributed by atoms with Crippen molar-refractivity contribution >= 4 is 50.1 Å². The van der Waals surface area contributed by atoms with E-state index in [2.05, 4.69) is 21.2 Å². The maximum absolute atomic E-state index is 12.5. The molecule has 26 heavy (non-hydrogen) atoms. The Labute approximate surface area is 162 Å². The first-order valence-corrected chi connectivity index (χ1v) is 9.45. The third-order valence-corrected chi connectivity index (χ3v) is 5.95. The minimum atomic E-state index is -0.579. The number of halogens is 1. The molecule has 136 valence electrons. The topological polar surface area (TPSA) is 81.7 Å². The van der Waals surface area contributed by atoms with Crippen LogP contribution >= 0.6 is 27.3 Å². The van der Waals surface area contributed by atoms with Crippen LogP contribution in [0.3, 0.4) is 0 Å². The number of benzene rings is 1. The van der Waals surface area contributed by atoms with Gasteiger partial charge in [0.15, 0.2) is 0 Å². The highest BCUT2D eigenvalue weighted by atomic mass is 79.9. The first-order valence-electron chi connectivity index (χ1n) is 7.84. The highest BCUT2D eigenvalue weighted by Gasteiger charge is 2.38. The molecule has 1 aliphatic rings. The molecule has 0 unspecified atom stereocenters. The molecule has 8 heteroatoms. The van der Waals surface area contributed by atoms with E-state index in [9.17, 15) is 14.4 Å². The Morgan fingerprint density at radius 2 is 1.85 bits per heavy atom. The molecule has 1 aromatic carbocycles. The van der Waals surface area contributed by atoms with Gasteiger partial charge in [-0.25, -0.2) is 4.79 Å². The summed E-state index contributed by atoms with van der Waals surface area (Å²) in [7, 11) is 2.59. The smallest absolute Gasteiger partial charge is 0.341 e. The molecule has 1 aromatic heterocycles. The van der Waals surface area contributed by atoms with Crippen LogP contribution < -0.4 is 5.32 Å². The predicted molar refractivity (Wildman–Crippen MR) is 101 cm³/mol. The maximum atomic E-state index is 12.5. The molecule has 1 atom stereocenters. The Morgan fingerprint density at radius 3 is 2.46 bits per heavy atom. The Morgan fingerprint density at radius 1 is 1.15 bits per heavy atom. The second-order valence-corrected chi connectivity index (χ2v) is 7.73. The van der Waals surface area contributed by atoms with Crippen LogP contribution in [0.25, 0.3) is 0 Å². The first kappa shape index (κ1) is 18.6. The molecule has 0 radical (unpaired) electrons. The molecule has 2 aromatic rings. The van der Waals surface area contributed by atoms with Crippen molar-refractivity contribution in [2.45, 2.75) is 18.8 Å². The molecule has 1 amide bonds. The van der Waals surface area contributed by atoms with E-state index in [1.807, 2.05) is 0 Å². The molecule has 0 saturated heterocycles. The van der Waals surface area contributed by atoms with Gasteiger partial charge in [0.2, 0.25) is 0 Å². The van der Waals surface area contributed by atoms with Crippen LogP contribution in [0.1, 0.15) is 43.5 Å². The zero-order chi connectivity index (χ0) is 18.8. The summed E-state index contributed by atoms with van der Waals surface area (Å²) in [4.78, 5) is 37.8. The number of fused-ring (bicyclic) bond motifs is 1. The fraction of sp³-hybridized carbons (Fsp3) is 0.278. The minimum absolute atomic E-state index is 0.242. The van der Waals surface area contributed by atoms with Crippen LogP contribution in [0.2, 0.25) is 0 Å². The fourth-order valence-corrected chi connectivity index (χ4v) is 4.54. The van der Waals surface area contributed by atoms with E-state index in [-0.39, 0.29) is 11.5 Å². The van der Waals surface area contributed by atoms with Gasteiger partial charge in [0.25, 0.3) is 5.91 Å². The Kier molecular flexibility index (Phi) is 5.43. The first-order chi connectivity index (χ1) is 12.5. The van der Waals surface area contributed by atoms with Crippen LogP contribution in [0.15, 0.2) is 28.7 Å². The SMILES string of the molecule is COC(=O)c1c(NC(=O)c2ccc(Br)cc2)sc2c1[C@H](C(=O)OC)CC2. The van der Waals surface area contributed by atoms with E-state index >= 15 is 0 Å². The number of amides is 1. The normalized spacial score (nSPS) is 15.3. The van der Waals surface area contributed by atoms with Gasteiger partial charge < -0.3 is 14.8 Å². The number of hydrogen-bond donors (Lipinski definition) is 1. The van der Waals surface area contributed by atoms with Gasteiger partial charge in [-0.2, -0.15) is 0 Å². The number of ether oxygens (including phenoxy) is 2. The molecule has 0 bridgehead atoms. The summed E-state index contributed by atoms with van der Waals surface area (Å²) in [6.45, 7) is 0. The van der Waals surface area contributed by atoms with Crippen molar-refractivity contribution in [2.75, 3.05) is 19.5 Å². The molecular formula is C18H16BrNO5S. The van der Waals surface area contributed by atoms with Crippen molar-refractivity contribution in [1.82, 2.24) is 0 Å². The Bertz CT molecular complexity index is 874. The molecule has 0 spiro atoms. The summed E-state index contributed by atoms with van der Waals surface area (Å²) in [5.41, 5.74) is 1.31. The second-order valence-electron chi connectivity index (χ2n) is 5.71. The molecule has 3 rings (SSSR count). The van der Waals surface area contributed by atoms with Gasteiger partial charge >= 0.3 is 11.9 Å². The highest BCUT2D eigenvalue weighted by molar-refractivity contribution is 9.10. The van der Waals surface area contributed by atoms with Crippen molar-refractivity contribution in [3.05, 3.63) is 50.3 Å². The molecule has 0 saturated carbocycles. The van der Waals surface area contributed by atoms with Crippen molar-refractivity contribution in [2.24, 2.45) is 0 Å². The van der Waals surface area contributed by atoms with Gasteiger partial charge in [-0.05, 0) is 42.7 Å². The number of nitrogens with one attached hydrogen (secondary N) is 1. The fourth-order valence-electron chi connectivity index (χ4n) is 3.01. The molecule has 1 aliphatic carbocycles. The summed E-state index contributed by atoms with van der Waals surface area (Å²) in [5.74, 6) is -1.82. The highest BCUT2D eigenvalue weighted by Crippen LogP contribution is 2.46. The van der Waals surface area contributed by atoms with Crippen LogP contribution in [-0.2, 0) is 20.7 Å².